The van der Waals surface area contributed by atoms with Crippen molar-refractivity contribution in [2.45, 2.75) is 20.8 Å². The minimum absolute atomic E-state index is 0.0706. The lowest BCUT2D eigenvalue weighted by Gasteiger charge is -2.04. The highest BCUT2D eigenvalue weighted by Crippen LogP contribution is 2.23. The Kier molecular flexibility index (Phi) is 1.96. The minimum atomic E-state index is -0.573. The van der Waals surface area contributed by atoms with Crippen LogP contribution in [0.4, 0.5) is 0 Å². The average molecular weight is 206 g/mol. The molecule has 0 aliphatic heterocycles. The first-order valence-electron chi connectivity index (χ1n) is 4.48. The fraction of sp³-hybridized carbons (Fsp3) is 0.300. The predicted octanol–water partition coefficient (Wildman–Crippen LogP) is 1.21. The van der Waals surface area contributed by atoms with Crippen LogP contribution in [0.15, 0.2) is 9.21 Å². The summed E-state index contributed by atoms with van der Waals surface area (Å²) in [6.07, 6.45) is 0. The predicted molar refractivity (Wildman–Crippen MR) is 53.9 cm³/mol. The molecule has 15 heavy (non-hydrogen) atoms. The smallest absolute Gasteiger partial charge is 0.364 e. The van der Waals surface area contributed by atoms with Crippen LogP contribution in [0.2, 0.25) is 0 Å². The van der Waals surface area contributed by atoms with E-state index in [1.807, 2.05) is 0 Å². The van der Waals surface area contributed by atoms with Crippen molar-refractivity contribution in [2.24, 2.45) is 0 Å². The lowest BCUT2D eigenvalue weighted by atomic mass is 10.3. The lowest BCUT2D eigenvalue weighted by Crippen LogP contribution is -2.06. The molecule has 0 saturated carbocycles. The average Bonchev–Trinajstić information content (AvgIpc) is 2.18. The zero-order chi connectivity index (χ0) is 11.2. The van der Waals surface area contributed by atoms with Gasteiger partial charge >= 0.3 is 5.63 Å². The van der Waals surface area contributed by atoms with Gasteiger partial charge in [0.25, 0.3) is 0 Å². The summed E-state index contributed by atoms with van der Waals surface area (Å²) in [6, 6.07) is 0. The summed E-state index contributed by atoms with van der Waals surface area (Å²) < 4.78 is 4.81. The van der Waals surface area contributed by atoms with E-state index in [-0.39, 0.29) is 22.5 Å². The fourth-order valence-electron chi connectivity index (χ4n) is 1.31. The molecule has 0 atom stereocenters. The number of aryl methyl sites for hydroxylation is 3. The topological polar surface area (TPSA) is 76.2 Å². The van der Waals surface area contributed by atoms with Crippen LogP contribution in [-0.4, -0.2) is 15.1 Å². The summed E-state index contributed by atoms with van der Waals surface area (Å²) in [7, 11) is 0. The first-order chi connectivity index (χ1) is 7.00. The number of aromatic hydroxyl groups is 1. The van der Waals surface area contributed by atoms with Gasteiger partial charge in [0.15, 0.2) is 11.3 Å². The van der Waals surface area contributed by atoms with Crippen molar-refractivity contribution in [2.75, 3.05) is 0 Å². The van der Waals surface area contributed by atoms with Gasteiger partial charge in [0.2, 0.25) is 0 Å². The third-order valence-electron chi connectivity index (χ3n) is 2.30. The number of hydrogen-bond donors (Lipinski definition) is 1. The van der Waals surface area contributed by atoms with Crippen molar-refractivity contribution in [3.8, 4) is 5.75 Å². The van der Waals surface area contributed by atoms with Crippen molar-refractivity contribution in [3.05, 3.63) is 27.6 Å². The number of nitrogens with zero attached hydrogens (tertiary/aromatic N) is 2. The largest absolute Gasteiger partial charge is 0.503 e. The Morgan fingerprint density at radius 3 is 2.20 bits per heavy atom. The highest BCUT2D eigenvalue weighted by atomic mass is 16.4. The summed E-state index contributed by atoms with van der Waals surface area (Å²) in [6.45, 7) is 5.02. The number of rotatable bonds is 0. The van der Waals surface area contributed by atoms with Gasteiger partial charge in [-0.25, -0.2) is 14.8 Å². The maximum atomic E-state index is 11.4. The maximum Gasteiger partial charge on any atom is 0.364 e. The molecule has 0 spiro atoms. The second-order valence-corrected chi connectivity index (χ2v) is 3.39. The van der Waals surface area contributed by atoms with Crippen LogP contribution in [0.1, 0.15) is 17.1 Å². The molecule has 2 heterocycles. The Hall–Kier alpha value is -1.91. The summed E-state index contributed by atoms with van der Waals surface area (Å²) in [4.78, 5) is 19.6. The van der Waals surface area contributed by atoms with Gasteiger partial charge in [0.1, 0.15) is 11.3 Å². The quantitative estimate of drug-likeness (QED) is 0.701. The molecule has 0 amide bonds. The van der Waals surface area contributed by atoms with Crippen LogP contribution in [0.5, 0.6) is 5.75 Å². The summed E-state index contributed by atoms with van der Waals surface area (Å²) >= 11 is 0. The highest BCUT2D eigenvalue weighted by molar-refractivity contribution is 5.79. The number of fused-ring (bicyclic) bond motifs is 1. The molecule has 0 aliphatic carbocycles. The van der Waals surface area contributed by atoms with Crippen molar-refractivity contribution >= 4 is 11.0 Å². The standard InChI is InChI=1S/C10H10N2O3/c1-4-5(2)12-8-7(11-4)9(13)6(3)15-10(8)14/h13H,1-3H3. The molecule has 0 aromatic carbocycles. The molecule has 0 aliphatic rings. The zero-order valence-electron chi connectivity index (χ0n) is 8.66. The summed E-state index contributed by atoms with van der Waals surface area (Å²) in [5.74, 6) is 0.0326. The number of aromatic nitrogens is 2. The van der Waals surface area contributed by atoms with Gasteiger partial charge in [-0.1, -0.05) is 0 Å². The molecular formula is C10H10N2O3. The van der Waals surface area contributed by atoms with Gasteiger partial charge in [-0.3, -0.25) is 0 Å². The molecule has 0 fully saturated rings. The molecule has 2 rings (SSSR count). The molecule has 0 unspecified atom stereocenters. The summed E-state index contributed by atoms with van der Waals surface area (Å²) in [5, 5.41) is 9.66. The SMILES string of the molecule is Cc1nc2c(O)c(C)oc(=O)c2nc1C. The van der Waals surface area contributed by atoms with E-state index in [1.54, 1.807) is 13.8 Å². The Labute approximate surface area is 85.4 Å². The molecule has 0 bridgehead atoms. The van der Waals surface area contributed by atoms with E-state index in [9.17, 15) is 9.90 Å². The van der Waals surface area contributed by atoms with E-state index >= 15 is 0 Å². The van der Waals surface area contributed by atoms with Crippen molar-refractivity contribution in [1.29, 1.82) is 0 Å². The van der Waals surface area contributed by atoms with Crippen LogP contribution in [0, 0.1) is 20.8 Å². The molecule has 5 heteroatoms. The van der Waals surface area contributed by atoms with Gasteiger partial charge in [-0.2, -0.15) is 0 Å². The van der Waals surface area contributed by atoms with Crippen LogP contribution >= 0.6 is 0 Å². The van der Waals surface area contributed by atoms with E-state index in [0.29, 0.717) is 11.4 Å². The Balaban J connectivity index is 3.04. The van der Waals surface area contributed by atoms with Crippen LogP contribution in [0.3, 0.4) is 0 Å². The van der Waals surface area contributed by atoms with Gasteiger partial charge in [-0.05, 0) is 20.8 Å². The van der Waals surface area contributed by atoms with E-state index in [0.717, 1.165) is 0 Å². The molecule has 2 aromatic rings. The number of hydrogen-bond acceptors (Lipinski definition) is 5. The molecular weight excluding hydrogens is 196 g/mol. The normalized spacial score (nSPS) is 10.9. The van der Waals surface area contributed by atoms with E-state index in [1.165, 1.54) is 6.92 Å². The first kappa shape index (κ1) is 9.64. The molecule has 1 N–H and O–H groups in total. The maximum absolute atomic E-state index is 11.4. The van der Waals surface area contributed by atoms with Crippen LogP contribution in [0.25, 0.3) is 11.0 Å². The molecule has 5 nitrogen and oxygen atoms in total. The van der Waals surface area contributed by atoms with Crippen molar-refractivity contribution in [1.82, 2.24) is 9.97 Å². The third-order valence-corrected chi connectivity index (χ3v) is 2.30. The van der Waals surface area contributed by atoms with Crippen molar-refractivity contribution in [3.63, 3.8) is 0 Å². The molecule has 0 radical (unpaired) electrons. The second kappa shape index (κ2) is 3.05. The lowest BCUT2D eigenvalue weighted by molar-refractivity contribution is 0.410. The molecule has 0 saturated heterocycles. The Morgan fingerprint density at radius 2 is 1.60 bits per heavy atom. The van der Waals surface area contributed by atoms with Gasteiger partial charge in [0, 0.05) is 0 Å². The fourth-order valence-corrected chi connectivity index (χ4v) is 1.31. The van der Waals surface area contributed by atoms with Gasteiger partial charge in [0.05, 0.1) is 11.4 Å². The Morgan fingerprint density at radius 1 is 1.07 bits per heavy atom. The van der Waals surface area contributed by atoms with Gasteiger partial charge in [-0.15, -0.1) is 0 Å². The first-order valence-corrected chi connectivity index (χ1v) is 4.48. The zero-order valence-corrected chi connectivity index (χ0v) is 8.66. The molecule has 2 aromatic heterocycles. The highest BCUT2D eigenvalue weighted by Gasteiger charge is 2.13. The van der Waals surface area contributed by atoms with Crippen LogP contribution < -0.4 is 5.63 Å². The second-order valence-electron chi connectivity index (χ2n) is 3.39. The van der Waals surface area contributed by atoms with Gasteiger partial charge < -0.3 is 9.52 Å². The Bertz CT molecular complexity index is 602. The third kappa shape index (κ3) is 1.36. The minimum Gasteiger partial charge on any atom is -0.503 e. The van der Waals surface area contributed by atoms with E-state index < -0.39 is 5.63 Å². The van der Waals surface area contributed by atoms with Crippen molar-refractivity contribution < 1.29 is 9.52 Å². The monoisotopic (exact) mass is 206 g/mol. The summed E-state index contributed by atoms with van der Waals surface area (Å²) in [5.41, 5.74) is 1.03. The molecule has 78 valence electrons. The van der Waals surface area contributed by atoms with E-state index in [2.05, 4.69) is 9.97 Å². The van der Waals surface area contributed by atoms with Crippen LogP contribution in [-0.2, 0) is 0 Å². The van der Waals surface area contributed by atoms with E-state index in [4.69, 9.17) is 4.42 Å².